The first kappa shape index (κ1) is 9.78. The van der Waals surface area contributed by atoms with E-state index in [4.69, 9.17) is 0 Å². The van der Waals surface area contributed by atoms with Gasteiger partial charge in [0.25, 0.3) is 0 Å². The molecule has 1 aliphatic carbocycles. The topological polar surface area (TPSA) is 43.4 Å². The molecule has 0 aliphatic heterocycles. The van der Waals surface area contributed by atoms with E-state index < -0.39 is 11.6 Å². The second-order valence-electron chi connectivity index (χ2n) is 1.85. The van der Waals surface area contributed by atoms with Crippen LogP contribution in [0.25, 0.3) is 0 Å². The van der Waals surface area contributed by atoms with Crippen LogP contribution in [0.5, 0.6) is 0 Å². The van der Waals surface area contributed by atoms with E-state index in [-0.39, 0.29) is 0 Å². The fourth-order valence-corrected chi connectivity index (χ4v) is 0.450. The summed E-state index contributed by atoms with van der Waals surface area (Å²) in [4.78, 5) is 20.6. The molecular formula is C8H10O3. The van der Waals surface area contributed by atoms with E-state index in [0.29, 0.717) is 0 Å². The van der Waals surface area contributed by atoms with Crippen molar-refractivity contribution in [1.29, 1.82) is 0 Å². The van der Waals surface area contributed by atoms with Crippen LogP contribution in [-0.4, -0.2) is 25.8 Å². The Morgan fingerprint density at radius 2 is 1.27 bits per heavy atom. The Hall–Kier alpha value is -1.22. The number of ketones is 2. The van der Waals surface area contributed by atoms with Crippen molar-refractivity contribution in [2.24, 2.45) is 0 Å². The van der Waals surface area contributed by atoms with Gasteiger partial charge >= 0.3 is 0 Å². The lowest BCUT2D eigenvalue weighted by Gasteiger charge is -1.88. The lowest BCUT2D eigenvalue weighted by molar-refractivity contribution is -0.131. The van der Waals surface area contributed by atoms with Gasteiger partial charge in [-0.1, -0.05) is 12.2 Å². The van der Waals surface area contributed by atoms with E-state index in [0.717, 1.165) is 0 Å². The first-order chi connectivity index (χ1) is 5.22. The number of carbonyl (C=O) groups excluding carboxylic acids is 2. The normalized spacial score (nSPS) is 14.4. The van der Waals surface area contributed by atoms with Crippen LogP contribution in [0.3, 0.4) is 0 Å². The Morgan fingerprint density at radius 3 is 1.45 bits per heavy atom. The monoisotopic (exact) mass is 154 g/mol. The summed E-state index contributed by atoms with van der Waals surface area (Å²) in [6, 6.07) is 0. The van der Waals surface area contributed by atoms with E-state index in [1.165, 1.54) is 12.2 Å². The highest BCUT2D eigenvalue weighted by atomic mass is 16.4. The summed E-state index contributed by atoms with van der Waals surface area (Å²) in [5.74, 6) is -0.875. The van der Waals surface area contributed by atoms with Crippen LogP contribution in [-0.2, 0) is 14.3 Å². The zero-order chi connectivity index (χ0) is 8.69. The molecule has 60 valence electrons. The van der Waals surface area contributed by atoms with Crippen molar-refractivity contribution in [3.63, 3.8) is 0 Å². The molecule has 0 aromatic heterocycles. The molecule has 0 fully saturated rings. The molecule has 0 saturated carbocycles. The second-order valence-corrected chi connectivity index (χ2v) is 1.85. The Morgan fingerprint density at radius 1 is 1.00 bits per heavy atom. The number of rotatable bonds is 0. The van der Waals surface area contributed by atoms with Crippen LogP contribution in [0.4, 0.5) is 0 Å². The highest BCUT2D eigenvalue weighted by molar-refractivity contribution is 6.46. The van der Waals surface area contributed by atoms with Gasteiger partial charge in [0.2, 0.25) is 11.6 Å². The van der Waals surface area contributed by atoms with Crippen molar-refractivity contribution in [2.75, 3.05) is 14.2 Å². The summed E-state index contributed by atoms with van der Waals surface area (Å²) in [5, 5.41) is 0. The maximum Gasteiger partial charge on any atom is 0.225 e. The standard InChI is InChI=1S/C6H4O2.C2H6O/c7-5-3-1-2-4-6(5)8;1-3-2/h1-4H;1-2H3. The quantitative estimate of drug-likeness (QED) is 0.377. The molecule has 0 saturated heterocycles. The first-order valence-electron chi connectivity index (χ1n) is 3.05. The zero-order valence-electron chi connectivity index (χ0n) is 6.53. The van der Waals surface area contributed by atoms with Gasteiger partial charge < -0.3 is 4.74 Å². The Labute approximate surface area is 65.4 Å². The van der Waals surface area contributed by atoms with Crippen molar-refractivity contribution in [1.82, 2.24) is 0 Å². The van der Waals surface area contributed by atoms with Crippen LogP contribution >= 0.6 is 0 Å². The maximum absolute atomic E-state index is 10.3. The summed E-state index contributed by atoms with van der Waals surface area (Å²) in [6.45, 7) is 0. The molecule has 0 spiro atoms. The summed E-state index contributed by atoms with van der Waals surface area (Å²) in [6.07, 6.45) is 5.60. The van der Waals surface area contributed by atoms with Crippen LogP contribution in [0.15, 0.2) is 24.3 Å². The number of allylic oxidation sites excluding steroid dienone is 4. The number of carbonyl (C=O) groups is 2. The van der Waals surface area contributed by atoms with Gasteiger partial charge in [0.05, 0.1) is 0 Å². The number of ether oxygens (including phenoxy) is 1. The van der Waals surface area contributed by atoms with E-state index in [1.54, 1.807) is 26.4 Å². The molecule has 0 aromatic carbocycles. The fourth-order valence-electron chi connectivity index (χ4n) is 0.450. The van der Waals surface area contributed by atoms with Gasteiger partial charge in [-0.15, -0.1) is 0 Å². The van der Waals surface area contributed by atoms with Gasteiger partial charge in [-0.2, -0.15) is 0 Å². The minimum atomic E-state index is -0.437. The minimum absolute atomic E-state index is 0.437. The smallest absolute Gasteiger partial charge is 0.225 e. The van der Waals surface area contributed by atoms with Gasteiger partial charge in [-0.25, -0.2) is 0 Å². The van der Waals surface area contributed by atoms with Crippen LogP contribution in [0.1, 0.15) is 0 Å². The van der Waals surface area contributed by atoms with Crippen LogP contribution < -0.4 is 0 Å². The molecule has 0 amide bonds. The molecule has 0 N–H and O–H groups in total. The molecular weight excluding hydrogens is 144 g/mol. The minimum Gasteiger partial charge on any atom is -0.388 e. The van der Waals surface area contributed by atoms with Gasteiger partial charge in [0.1, 0.15) is 0 Å². The Kier molecular flexibility index (Phi) is 4.94. The summed E-state index contributed by atoms with van der Waals surface area (Å²) in [5.41, 5.74) is 0. The van der Waals surface area contributed by atoms with Crippen LogP contribution in [0.2, 0.25) is 0 Å². The molecule has 0 unspecified atom stereocenters. The van der Waals surface area contributed by atoms with E-state index >= 15 is 0 Å². The molecule has 0 radical (unpaired) electrons. The Bertz CT molecular complexity index is 179. The van der Waals surface area contributed by atoms with E-state index in [9.17, 15) is 9.59 Å². The van der Waals surface area contributed by atoms with Gasteiger partial charge in [-0.05, 0) is 12.2 Å². The predicted molar refractivity (Wildman–Crippen MR) is 41.2 cm³/mol. The number of hydrogen-bond donors (Lipinski definition) is 0. The van der Waals surface area contributed by atoms with Crippen molar-refractivity contribution in [3.05, 3.63) is 24.3 Å². The lowest BCUT2D eigenvalue weighted by Crippen LogP contribution is -2.08. The zero-order valence-corrected chi connectivity index (χ0v) is 6.53. The first-order valence-corrected chi connectivity index (χ1v) is 3.05. The molecule has 0 aromatic rings. The van der Waals surface area contributed by atoms with Crippen molar-refractivity contribution in [2.45, 2.75) is 0 Å². The average Bonchev–Trinajstić information content (AvgIpc) is 1.97. The largest absolute Gasteiger partial charge is 0.388 e. The molecule has 0 heterocycles. The number of hydrogen-bond acceptors (Lipinski definition) is 3. The highest BCUT2D eigenvalue weighted by Crippen LogP contribution is 1.90. The van der Waals surface area contributed by atoms with Crippen molar-refractivity contribution < 1.29 is 14.3 Å². The predicted octanol–water partition coefficient (Wildman–Crippen LogP) is 0.513. The third kappa shape index (κ3) is 4.22. The third-order valence-electron chi connectivity index (χ3n) is 0.849. The molecule has 3 heteroatoms. The number of methoxy groups -OCH3 is 1. The highest BCUT2D eigenvalue weighted by Gasteiger charge is 2.06. The van der Waals surface area contributed by atoms with Crippen molar-refractivity contribution in [3.8, 4) is 0 Å². The molecule has 0 bridgehead atoms. The summed E-state index contributed by atoms with van der Waals surface area (Å²) >= 11 is 0. The van der Waals surface area contributed by atoms with Gasteiger partial charge in [-0.3, -0.25) is 9.59 Å². The second kappa shape index (κ2) is 5.56. The summed E-state index contributed by atoms with van der Waals surface area (Å²) < 4.78 is 4.25. The third-order valence-corrected chi connectivity index (χ3v) is 0.849. The maximum atomic E-state index is 10.3. The van der Waals surface area contributed by atoms with Crippen molar-refractivity contribution >= 4 is 11.6 Å². The average molecular weight is 154 g/mol. The van der Waals surface area contributed by atoms with E-state index in [1.807, 2.05) is 0 Å². The van der Waals surface area contributed by atoms with Gasteiger partial charge in [0, 0.05) is 14.2 Å². The molecule has 1 aliphatic rings. The molecule has 3 nitrogen and oxygen atoms in total. The molecule has 11 heavy (non-hydrogen) atoms. The van der Waals surface area contributed by atoms with Crippen LogP contribution in [0, 0.1) is 0 Å². The lowest BCUT2D eigenvalue weighted by atomic mass is 10.1. The summed E-state index contributed by atoms with van der Waals surface area (Å²) in [7, 11) is 3.25. The SMILES string of the molecule is COC.O=C1C=CC=CC1=O. The Balaban J connectivity index is 0.000000292. The van der Waals surface area contributed by atoms with E-state index in [2.05, 4.69) is 4.74 Å². The van der Waals surface area contributed by atoms with Gasteiger partial charge in [0.15, 0.2) is 0 Å². The molecule has 0 atom stereocenters. The molecule has 1 rings (SSSR count). The fraction of sp³-hybridized carbons (Fsp3) is 0.250.